The second kappa shape index (κ2) is 10.0. The van der Waals surface area contributed by atoms with Crippen LogP contribution in [0.25, 0.3) is 11.0 Å². The van der Waals surface area contributed by atoms with E-state index in [-0.39, 0.29) is 47.1 Å². The molecule has 1 aliphatic rings. The zero-order valence-electron chi connectivity index (χ0n) is 20.9. The molecule has 12 heteroatoms. The minimum Gasteiger partial charge on any atom is -0.383 e. The first-order valence-corrected chi connectivity index (χ1v) is 11.5. The van der Waals surface area contributed by atoms with Gasteiger partial charge in [0.25, 0.3) is 5.91 Å². The molecule has 10 nitrogen and oxygen atoms in total. The maximum atomic E-state index is 15.1. The number of halogens is 2. The van der Waals surface area contributed by atoms with Crippen molar-refractivity contribution in [3.05, 3.63) is 53.0 Å². The van der Waals surface area contributed by atoms with Crippen molar-refractivity contribution >= 4 is 28.7 Å². The van der Waals surface area contributed by atoms with Crippen LogP contribution in [0, 0.1) is 30.4 Å². The van der Waals surface area contributed by atoms with Crippen LogP contribution in [0.5, 0.6) is 0 Å². The van der Waals surface area contributed by atoms with E-state index in [9.17, 15) is 14.0 Å². The van der Waals surface area contributed by atoms with Crippen molar-refractivity contribution in [2.24, 2.45) is 12.8 Å². The van der Waals surface area contributed by atoms with Crippen molar-refractivity contribution < 1.29 is 23.1 Å². The van der Waals surface area contributed by atoms with Gasteiger partial charge >= 0.3 is 0 Å². The van der Waals surface area contributed by atoms with Gasteiger partial charge in [0.1, 0.15) is 28.5 Å². The maximum Gasteiger partial charge on any atom is 0.255 e. The van der Waals surface area contributed by atoms with Gasteiger partial charge in [0.15, 0.2) is 11.5 Å². The Kier molecular flexibility index (Phi) is 7.00. The van der Waals surface area contributed by atoms with Crippen LogP contribution in [0.15, 0.2) is 18.7 Å². The fourth-order valence-electron chi connectivity index (χ4n) is 4.67. The van der Waals surface area contributed by atoms with Crippen LogP contribution in [0.4, 0.5) is 14.6 Å². The SMILES string of the molecule is C=CC(=O)N1C[C@@H](n2nc(C#Cc3c(F)cc4c(nc(C)n4C)c3F)c(C(N)=O)c2NC)C[C@@H]1COC. The largest absolute Gasteiger partial charge is 0.383 e. The van der Waals surface area contributed by atoms with E-state index in [0.717, 1.165) is 6.07 Å². The highest BCUT2D eigenvalue weighted by Gasteiger charge is 2.37. The van der Waals surface area contributed by atoms with E-state index in [2.05, 4.69) is 33.8 Å². The smallest absolute Gasteiger partial charge is 0.255 e. The summed E-state index contributed by atoms with van der Waals surface area (Å²) in [6.07, 6.45) is 1.70. The molecule has 1 aromatic carbocycles. The number of hydrogen-bond donors (Lipinski definition) is 2. The molecular formula is C25H27F2N7O3. The van der Waals surface area contributed by atoms with Crippen LogP contribution in [-0.4, -0.2) is 69.4 Å². The lowest BCUT2D eigenvalue weighted by atomic mass is 10.1. The number of rotatable bonds is 6. The lowest BCUT2D eigenvalue weighted by Gasteiger charge is -2.22. The fraction of sp³-hybridized carbons (Fsp3) is 0.360. The number of imidazole rings is 1. The molecule has 4 rings (SSSR count). The van der Waals surface area contributed by atoms with Crippen LogP contribution in [-0.2, 0) is 16.6 Å². The summed E-state index contributed by atoms with van der Waals surface area (Å²) in [5, 5.41) is 7.38. The fourth-order valence-corrected chi connectivity index (χ4v) is 4.67. The molecular weight excluding hydrogens is 484 g/mol. The molecule has 1 fully saturated rings. The zero-order chi connectivity index (χ0) is 27.0. The van der Waals surface area contributed by atoms with Gasteiger partial charge in [-0.2, -0.15) is 5.10 Å². The number of carbonyl (C=O) groups is 2. The number of nitrogens with zero attached hydrogens (tertiary/aromatic N) is 5. The second-order valence-corrected chi connectivity index (χ2v) is 8.71. The lowest BCUT2D eigenvalue weighted by molar-refractivity contribution is -0.127. The third-order valence-corrected chi connectivity index (χ3v) is 6.55. The summed E-state index contributed by atoms with van der Waals surface area (Å²) in [5.41, 5.74) is 5.35. The Morgan fingerprint density at radius 2 is 2.11 bits per heavy atom. The van der Waals surface area contributed by atoms with Crippen LogP contribution in [0.3, 0.4) is 0 Å². The van der Waals surface area contributed by atoms with Crippen LogP contribution in [0.2, 0.25) is 0 Å². The topological polar surface area (TPSA) is 120 Å². The molecule has 0 saturated carbocycles. The molecule has 2 amide bonds. The van der Waals surface area contributed by atoms with Crippen molar-refractivity contribution in [1.29, 1.82) is 0 Å². The number of nitrogens with one attached hydrogen (secondary N) is 1. The monoisotopic (exact) mass is 511 g/mol. The number of fused-ring (bicyclic) bond motifs is 1. The number of carbonyl (C=O) groups excluding carboxylic acids is 2. The van der Waals surface area contributed by atoms with Gasteiger partial charge in [-0.3, -0.25) is 9.59 Å². The number of anilines is 1. The molecule has 37 heavy (non-hydrogen) atoms. The Balaban J connectivity index is 1.80. The molecule has 0 aliphatic carbocycles. The second-order valence-electron chi connectivity index (χ2n) is 8.71. The molecule has 2 atom stereocenters. The highest BCUT2D eigenvalue weighted by Crippen LogP contribution is 2.32. The number of methoxy groups -OCH3 is 1. The van der Waals surface area contributed by atoms with Gasteiger partial charge in [-0.15, -0.1) is 0 Å². The summed E-state index contributed by atoms with van der Waals surface area (Å²) < 4.78 is 38.3. The summed E-state index contributed by atoms with van der Waals surface area (Å²) in [6, 6.07) is 0.577. The molecule has 0 unspecified atom stereocenters. The Morgan fingerprint density at radius 3 is 2.73 bits per heavy atom. The minimum absolute atomic E-state index is 0.00983. The molecule has 3 heterocycles. The van der Waals surface area contributed by atoms with E-state index in [4.69, 9.17) is 10.5 Å². The van der Waals surface area contributed by atoms with Gasteiger partial charge in [-0.05, 0) is 25.3 Å². The zero-order valence-corrected chi connectivity index (χ0v) is 20.9. The first kappa shape index (κ1) is 25.8. The van der Waals surface area contributed by atoms with Crippen molar-refractivity contribution in [3.63, 3.8) is 0 Å². The van der Waals surface area contributed by atoms with Gasteiger partial charge in [0, 0.05) is 33.8 Å². The maximum absolute atomic E-state index is 15.1. The summed E-state index contributed by atoms with van der Waals surface area (Å²) in [6.45, 7) is 5.81. The lowest BCUT2D eigenvalue weighted by Crippen LogP contribution is -2.37. The Morgan fingerprint density at radius 1 is 1.38 bits per heavy atom. The van der Waals surface area contributed by atoms with Crippen LogP contribution >= 0.6 is 0 Å². The number of ether oxygens (including phenoxy) is 1. The average molecular weight is 512 g/mol. The van der Waals surface area contributed by atoms with Gasteiger partial charge in [0.2, 0.25) is 5.91 Å². The molecule has 2 aromatic heterocycles. The van der Waals surface area contributed by atoms with E-state index in [1.165, 1.54) is 17.9 Å². The van der Waals surface area contributed by atoms with E-state index in [0.29, 0.717) is 24.4 Å². The molecule has 194 valence electrons. The first-order chi connectivity index (χ1) is 17.6. The predicted octanol–water partition coefficient (Wildman–Crippen LogP) is 1.87. The number of aryl methyl sites for hydroxylation is 2. The first-order valence-electron chi connectivity index (χ1n) is 11.5. The van der Waals surface area contributed by atoms with Gasteiger partial charge in [-0.25, -0.2) is 18.4 Å². The third kappa shape index (κ3) is 4.42. The molecule has 3 aromatic rings. The number of nitrogens with two attached hydrogens (primary N) is 1. The number of hydrogen-bond acceptors (Lipinski definition) is 6. The Hall–Kier alpha value is -4.24. The van der Waals surface area contributed by atoms with Crippen molar-refractivity contribution in [3.8, 4) is 11.8 Å². The van der Waals surface area contributed by atoms with Crippen molar-refractivity contribution in [2.75, 3.05) is 32.6 Å². The minimum atomic E-state index is -0.906. The molecule has 0 spiro atoms. The van der Waals surface area contributed by atoms with Crippen LogP contribution < -0.4 is 11.1 Å². The molecule has 0 bridgehead atoms. The summed E-state index contributed by atoms with van der Waals surface area (Å²) in [5.74, 6) is 3.04. The van der Waals surface area contributed by atoms with Gasteiger partial charge in [0.05, 0.1) is 29.8 Å². The summed E-state index contributed by atoms with van der Waals surface area (Å²) >= 11 is 0. The highest BCUT2D eigenvalue weighted by molar-refractivity contribution is 6.00. The normalized spacial score (nSPS) is 17.1. The number of benzene rings is 1. The van der Waals surface area contributed by atoms with Crippen LogP contribution in [0.1, 0.15) is 39.9 Å². The standard InChI is InChI=1S/C25H27F2N7O3/c1-6-20(35)33-11-14(9-15(33)12-37-5)34-25(29-3)21(24(28)36)18(31-34)8-7-16-17(26)10-19-23(22(16)27)30-13(2)32(19)4/h6,10,14-15,29H,1,9,11-12H2,2-5H3,(H2,28,36)/t14-,15+/m0/s1. The molecule has 3 N–H and O–H groups in total. The number of amides is 2. The van der Waals surface area contributed by atoms with Gasteiger partial charge in [-0.1, -0.05) is 12.5 Å². The predicted molar refractivity (Wildman–Crippen MR) is 133 cm³/mol. The Labute approximate surface area is 212 Å². The average Bonchev–Trinajstić information content (AvgIpc) is 3.53. The number of primary amides is 1. The quantitative estimate of drug-likeness (QED) is 0.385. The third-order valence-electron chi connectivity index (χ3n) is 6.55. The molecule has 1 aliphatic heterocycles. The summed E-state index contributed by atoms with van der Waals surface area (Å²) in [4.78, 5) is 30.5. The van der Waals surface area contributed by atoms with E-state index in [1.807, 2.05) is 0 Å². The van der Waals surface area contributed by atoms with Gasteiger partial charge < -0.3 is 25.3 Å². The van der Waals surface area contributed by atoms with Crippen molar-refractivity contribution in [1.82, 2.24) is 24.2 Å². The van der Waals surface area contributed by atoms with Crippen molar-refractivity contribution in [2.45, 2.75) is 25.4 Å². The molecule has 0 radical (unpaired) electrons. The number of aromatic nitrogens is 4. The highest BCUT2D eigenvalue weighted by atomic mass is 19.1. The van der Waals surface area contributed by atoms with E-state index < -0.39 is 23.1 Å². The van der Waals surface area contributed by atoms with E-state index >= 15 is 4.39 Å². The Bertz CT molecular complexity index is 1480. The van der Waals surface area contributed by atoms with E-state index in [1.54, 1.807) is 30.5 Å². The number of likely N-dealkylation sites (tertiary alicyclic amines) is 1. The molecule has 1 saturated heterocycles. The summed E-state index contributed by atoms with van der Waals surface area (Å²) in [7, 11) is 4.78.